The molecule has 13 heteroatoms. The van der Waals surface area contributed by atoms with Crippen LogP contribution in [0.2, 0.25) is 0 Å². The molecule has 1 unspecified atom stereocenters. The van der Waals surface area contributed by atoms with Gasteiger partial charge in [0.15, 0.2) is 17.6 Å². The van der Waals surface area contributed by atoms with Crippen molar-refractivity contribution in [3.63, 3.8) is 0 Å². The SMILES string of the molecule is CCCNC(=O)C(c1cc(-c2ccc(OCCC)cc2C(F)(F)F)no1)n1cnc2c1C=CN(c1ccccc1F)N2. The summed E-state index contributed by atoms with van der Waals surface area (Å²) in [4.78, 5) is 17.7. The summed E-state index contributed by atoms with van der Waals surface area (Å²) in [6.45, 7) is 4.37. The van der Waals surface area contributed by atoms with E-state index in [0.717, 1.165) is 6.07 Å². The van der Waals surface area contributed by atoms with Crippen LogP contribution in [0.25, 0.3) is 17.3 Å². The molecule has 220 valence electrons. The Morgan fingerprint density at radius 3 is 2.69 bits per heavy atom. The molecular formula is C29H28F4N6O3. The second-order valence-electron chi connectivity index (χ2n) is 9.50. The van der Waals surface area contributed by atoms with Crippen molar-refractivity contribution < 1.29 is 31.6 Å². The van der Waals surface area contributed by atoms with Crippen molar-refractivity contribution in [1.82, 2.24) is 20.0 Å². The molecule has 1 atom stereocenters. The summed E-state index contributed by atoms with van der Waals surface area (Å²) in [5, 5.41) is 8.15. The fourth-order valence-corrected chi connectivity index (χ4v) is 4.49. The average molecular weight is 585 g/mol. The van der Waals surface area contributed by atoms with E-state index in [2.05, 4.69) is 20.9 Å². The third-order valence-electron chi connectivity index (χ3n) is 6.47. The number of aromatic nitrogens is 3. The van der Waals surface area contributed by atoms with Crippen LogP contribution in [0.1, 0.15) is 49.7 Å². The predicted molar refractivity (Wildman–Crippen MR) is 148 cm³/mol. The van der Waals surface area contributed by atoms with Gasteiger partial charge in [-0.15, -0.1) is 0 Å². The number of anilines is 2. The Labute approximate surface area is 238 Å². The number of amides is 1. The lowest BCUT2D eigenvalue weighted by Gasteiger charge is -2.26. The summed E-state index contributed by atoms with van der Waals surface area (Å²) in [7, 11) is 0. The molecule has 0 aliphatic carbocycles. The van der Waals surface area contributed by atoms with Crippen LogP contribution in [0.3, 0.4) is 0 Å². The molecule has 42 heavy (non-hydrogen) atoms. The van der Waals surface area contributed by atoms with Gasteiger partial charge in [0, 0.05) is 24.4 Å². The smallest absolute Gasteiger partial charge is 0.417 e. The Kier molecular flexibility index (Phi) is 8.18. The molecule has 1 aliphatic heterocycles. The highest BCUT2D eigenvalue weighted by molar-refractivity contribution is 5.84. The Bertz CT molecular complexity index is 1600. The monoisotopic (exact) mass is 584 g/mol. The van der Waals surface area contributed by atoms with E-state index in [1.54, 1.807) is 30.5 Å². The Hall–Kier alpha value is -4.81. The molecule has 0 radical (unpaired) electrons. The van der Waals surface area contributed by atoms with Gasteiger partial charge in [-0.25, -0.2) is 9.37 Å². The summed E-state index contributed by atoms with van der Waals surface area (Å²) in [6, 6.07) is 9.96. The molecule has 2 aromatic heterocycles. The van der Waals surface area contributed by atoms with Crippen molar-refractivity contribution in [1.29, 1.82) is 0 Å². The van der Waals surface area contributed by atoms with Crippen molar-refractivity contribution >= 4 is 23.5 Å². The number of ether oxygens (including phenoxy) is 1. The summed E-state index contributed by atoms with van der Waals surface area (Å²) in [6.07, 6.45) is 1.21. The van der Waals surface area contributed by atoms with Crippen LogP contribution < -0.4 is 20.5 Å². The lowest BCUT2D eigenvalue weighted by atomic mass is 10.0. The summed E-state index contributed by atoms with van der Waals surface area (Å²) in [5.74, 6) is -0.503. The first-order chi connectivity index (χ1) is 20.2. The zero-order chi connectivity index (χ0) is 29.9. The van der Waals surface area contributed by atoms with Crippen LogP contribution in [0, 0.1) is 5.82 Å². The fourth-order valence-electron chi connectivity index (χ4n) is 4.49. The van der Waals surface area contributed by atoms with Crippen molar-refractivity contribution in [2.75, 3.05) is 23.6 Å². The number of carbonyl (C=O) groups is 1. The zero-order valence-electron chi connectivity index (χ0n) is 22.8. The van der Waals surface area contributed by atoms with Crippen LogP contribution in [0.4, 0.5) is 29.1 Å². The molecule has 4 aromatic rings. The second-order valence-corrected chi connectivity index (χ2v) is 9.50. The number of fused-ring (bicyclic) bond motifs is 1. The third-order valence-corrected chi connectivity index (χ3v) is 6.47. The number of rotatable bonds is 10. The molecule has 3 heterocycles. The maximum Gasteiger partial charge on any atom is 0.417 e. The number of imidazole rings is 1. The molecule has 9 nitrogen and oxygen atoms in total. The first kappa shape index (κ1) is 28.7. The number of hydrogen-bond donors (Lipinski definition) is 2. The highest BCUT2D eigenvalue weighted by atomic mass is 19.4. The number of para-hydroxylation sites is 1. The van der Waals surface area contributed by atoms with Gasteiger partial charge in [0.05, 0.1) is 29.9 Å². The van der Waals surface area contributed by atoms with Gasteiger partial charge in [-0.3, -0.25) is 15.2 Å². The van der Waals surface area contributed by atoms with E-state index in [0.29, 0.717) is 30.9 Å². The Morgan fingerprint density at radius 2 is 1.95 bits per heavy atom. The van der Waals surface area contributed by atoms with Crippen LogP contribution in [-0.2, 0) is 11.0 Å². The van der Waals surface area contributed by atoms with E-state index in [9.17, 15) is 22.4 Å². The molecule has 0 spiro atoms. The van der Waals surface area contributed by atoms with Gasteiger partial charge >= 0.3 is 6.18 Å². The Morgan fingerprint density at radius 1 is 1.14 bits per heavy atom. The molecule has 0 bridgehead atoms. The fraction of sp³-hybridized carbons (Fsp3) is 0.276. The van der Waals surface area contributed by atoms with Gasteiger partial charge in [0.25, 0.3) is 5.91 Å². The maximum absolute atomic E-state index is 14.4. The van der Waals surface area contributed by atoms with Crippen LogP contribution in [0.15, 0.2) is 65.6 Å². The molecular weight excluding hydrogens is 556 g/mol. The van der Waals surface area contributed by atoms with Gasteiger partial charge in [0.2, 0.25) is 0 Å². The number of nitrogens with one attached hydrogen (secondary N) is 2. The van der Waals surface area contributed by atoms with E-state index in [-0.39, 0.29) is 35.1 Å². The van der Waals surface area contributed by atoms with Crippen molar-refractivity contribution in [3.8, 4) is 17.0 Å². The number of carbonyl (C=O) groups excluding carboxylic acids is 1. The van der Waals surface area contributed by atoms with Crippen molar-refractivity contribution in [2.45, 2.75) is 38.9 Å². The molecule has 1 amide bonds. The van der Waals surface area contributed by atoms with Gasteiger partial charge < -0.3 is 19.1 Å². The van der Waals surface area contributed by atoms with E-state index in [1.165, 1.54) is 40.2 Å². The maximum atomic E-state index is 14.4. The minimum absolute atomic E-state index is 0.00294. The average Bonchev–Trinajstić information content (AvgIpc) is 3.62. The quantitative estimate of drug-likeness (QED) is 0.208. The highest BCUT2D eigenvalue weighted by Gasteiger charge is 2.36. The number of nitrogens with zero attached hydrogens (tertiary/aromatic N) is 4. The minimum atomic E-state index is -4.69. The second kappa shape index (κ2) is 12.0. The van der Waals surface area contributed by atoms with Gasteiger partial charge in [-0.1, -0.05) is 31.1 Å². The number of hydrazine groups is 1. The van der Waals surface area contributed by atoms with Crippen molar-refractivity contribution in [2.24, 2.45) is 0 Å². The molecule has 0 saturated carbocycles. The topological polar surface area (TPSA) is 97.4 Å². The van der Waals surface area contributed by atoms with E-state index >= 15 is 0 Å². The minimum Gasteiger partial charge on any atom is -0.494 e. The highest BCUT2D eigenvalue weighted by Crippen LogP contribution is 2.40. The van der Waals surface area contributed by atoms with Crippen LogP contribution in [0.5, 0.6) is 5.75 Å². The normalized spacial score (nSPS) is 13.4. The summed E-state index contributed by atoms with van der Waals surface area (Å²) in [5.41, 5.74) is 2.47. The lowest BCUT2D eigenvalue weighted by molar-refractivity contribution is -0.137. The number of hydrogen-bond acceptors (Lipinski definition) is 7. The zero-order valence-corrected chi connectivity index (χ0v) is 22.8. The van der Waals surface area contributed by atoms with Crippen LogP contribution >= 0.6 is 0 Å². The first-order valence-electron chi connectivity index (χ1n) is 13.4. The van der Waals surface area contributed by atoms with Crippen LogP contribution in [-0.4, -0.2) is 33.8 Å². The number of alkyl halides is 3. The molecule has 0 saturated heterocycles. The third kappa shape index (κ3) is 5.80. The molecule has 5 rings (SSSR count). The largest absolute Gasteiger partial charge is 0.494 e. The first-order valence-corrected chi connectivity index (χ1v) is 13.4. The van der Waals surface area contributed by atoms with Crippen molar-refractivity contribution in [3.05, 3.63) is 83.9 Å². The number of benzene rings is 2. The Balaban J connectivity index is 1.51. The standard InChI is InChI=1S/C29H28F4N6O3/c1-3-12-34-28(40)26(38-17-35-27-24(38)11-13-39(36-27)23-8-6-5-7-21(23)30)25-16-22(37-42-25)19-10-9-18(41-14-4-2)15-20(19)29(31,32)33/h5-11,13,15-17,26,36H,3-4,12,14H2,1-2H3,(H,34,40). The predicted octanol–water partition coefficient (Wildman–Crippen LogP) is 6.42. The van der Waals surface area contributed by atoms with Gasteiger partial charge in [-0.05, 0) is 49.2 Å². The molecule has 2 aromatic carbocycles. The van der Waals surface area contributed by atoms with Gasteiger partial charge in [-0.2, -0.15) is 13.2 Å². The summed E-state index contributed by atoms with van der Waals surface area (Å²) >= 11 is 0. The number of halogens is 4. The van der Waals surface area contributed by atoms with E-state index < -0.39 is 29.5 Å². The van der Waals surface area contributed by atoms with Gasteiger partial charge in [0.1, 0.15) is 17.3 Å². The molecule has 1 aliphatic rings. The van der Waals surface area contributed by atoms with E-state index in [1.807, 2.05) is 13.8 Å². The molecule has 2 N–H and O–H groups in total. The molecule has 0 fully saturated rings. The van der Waals surface area contributed by atoms with E-state index in [4.69, 9.17) is 9.26 Å². The summed E-state index contributed by atoms with van der Waals surface area (Å²) < 4.78 is 68.9. The lowest BCUT2D eigenvalue weighted by Crippen LogP contribution is -2.34.